The molecule has 0 radical (unpaired) electrons. The molecule has 0 atom stereocenters. The fourth-order valence-electron chi connectivity index (χ4n) is 4.36. The van der Waals surface area contributed by atoms with Gasteiger partial charge in [-0.3, -0.25) is 9.78 Å². The molecule has 0 saturated carbocycles. The van der Waals surface area contributed by atoms with Crippen molar-refractivity contribution in [3.63, 3.8) is 0 Å². The van der Waals surface area contributed by atoms with Gasteiger partial charge < -0.3 is 15.5 Å². The molecule has 1 amide bonds. The van der Waals surface area contributed by atoms with Crippen molar-refractivity contribution in [1.29, 1.82) is 0 Å². The van der Waals surface area contributed by atoms with E-state index < -0.39 is 10.0 Å². The number of rotatable bonds is 8. The van der Waals surface area contributed by atoms with E-state index in [0.29, 0.717) is 43.2 Å². The second kappa shape index (κ2) is 10.9. The number of hydrogen-bond acceptors (Lipinski definition) is 7. The molecule has 9 nitrogen and oxygen atoms in total. The second-order valence-corrected chi connectivity index (χ2v) is 10.4. The topological polar surface area (TPSA) is 108 Å². The number of benzene rings is 1. The Morgan fingerprint density at radius 3 is 2.36 bits per heavy atom. The van der Waals surface area contributed by atoms with Gasteiger partial charge in [-0.15, -0.1) is 0 Å². The lowest BCUT2D eigenvalue weighted by molar-refractivity contribution is 0.0955. The van der Waals surface area contributed by atoms with Crippen LogP contribution < -0.4 is 15.5 Å². The Bertz CT molecular complexity index is 1040. The Kier molecular flexibility index (Phi) is 7.77. The highest BCUT2D eigenvalue weighted by atomic mass is 32.2. The van der Waals surface area contributed by atoms with E-state index in [4.69, 9.17) is 0 Å². The lowest BCUT2D eigenvalue weighted by atomic mass is 10.1. The third-order valence-corrected chi connectivity index (χ3v) is 8.06. The molecule has 33 heavy (non-hydrogen) atoms. The predicted octanol–water partition coefficient (Wildman–Crippen LogP) is 2.48. The van der Waals surface area contributed by atoms with Gasteiger partial charge in [-0.1, -0.05) is 6.42 Å². The standard InChI is InChI=1S/C23H32N6O3S/c30-23(27-12-11-26-22-18-24-9-10-25-22)19-7-8-20(28-13-3-1-4-14-28)21(17-19)33(31,32)29-15-5-2-6-16-29/h7-10,17-18H,1-6,11-16H2,(H,25,26)(H,27,30). The summed E-state index contributed by atoms with van der Waals surface area (Å²) < 4.78 is 28.8. The molecule has 10 heteroatoms. The van der Waals surface area contributed by atoms with Crippen LogP contribution in [-0.4, -0.2) is 67.9 Å². The van der Waals surface area contributed by atoms with Gasteiger partial charge in [0.1, 0.15) is 10.7 Å². The Morgan fingerprint density at radius 1 is 0.939 bits per heavy atom. The van der Waals surface area contributed by atoms with Gasteiger partial charge in [-0.25, -0.2) is 13.4 Å². The molecule has 2 aromatic rings. The zero-order valence-electron chi connectivity index (χ0n) is 18.9. The van der Waals surface area contributed by atoms with Gasteiger partial charge in [0.25, 0.3) is 5.91 Å². The fraction of sp³-hybridized carbons (Fsp3) is 0.522. The Labute approximate surface area is 195 Å². The van der Waals surface area contributed by atoms with Gasteiger partial charge in [-0.2, -0.15) is 4.31 Å². The molecule has 3 heterocycles. The zero-order valence-corrected chi connectivity index (χ0v) is 19.7. The van der Waals surface area contributed by atoms with Crippen LogP contribution in [0.2, 0.25) is 0 Å². The van der Waals surface area contributed by atoms with Crippen LogP contribution in [0.15, 0.2) is 41.7 Å². The van der Waals surface area contributed by atoms with Crippen LogP contribution in [-0.2, 0) is 10.0 Å². The maximum Gasteiger partial charge on any atom is 0.251 e. The highest BCUT2D eigenvalue weighted by Crippen LogP contribution is 2.32. The number of carbonyl (C=O) groups excluding carboxylic acids is 1. The first-order valence-electron chi connectivity index (χ1n) is 11.7. The molecule has 0 unspecified atom stereocenters. The third-order valence-electron chi connectivity index (χ3n) is 6.13. The van der Waals surface area contributed by atoms with Gasteiger partial charge in [-0.05, 0) is 50.3 Å². The molecule has 2 aliphatic rings. The number of aromatic nitrogens is 2. The number of nitrogens with zero attached hydrogens (tertiary/aromatic N) is 4. The van der Waals surface area contributed by atoms with Gasteiger partial charge in [0.05, 0.1) is 11.9 Å². The summed E-state index contributed by atoms with van der Waals surface area (Å²) in [5, 5.41) is 5.94. The predicted molar refractivity (Wildman–Crippen MR) is 128 cm³/mol. The molecule has 2 N–H and O–H groups in total. The first kappa shape index (κ1) is 23.4. The molecule has 1 aromatic heterocycles. The van der Waals surface area contributed by atoms with Crippen LogP contribution in [0.25, 0.3) is 0 Å². The summed E-state index contributed by atoms with van der Waals surface area (Å²) in [5.74, 6) is 0.337. The summed E-state index contributed by atoms with van der Waals surface area (Å²) in [6.45, 7) is 3.59. The van der Waals surface area contributed by atoms with E-state index in [1.165, 1.54) is 0 Å². The smallest absolute Gasteiger partial charge is 0.251 e. The van der Waals surface area contributed by atoms with Crippen molar-refractivity contribution >= 4 is 27.4 Å². The van der Waals surface area contributed by atoms with Crippen LogP contribution in [0.4, 0.5) is 11.5 Å². The molecule has 178 valence electrons. The molecule has 4 rings (SSSR count). The van der Waals surface area contributed by atoms with Crippen molar-refractivity contribution in [2.45, 2.75) is 43.4 Å². The quantitative estimate of drug-likeness (QED) is 0.568. The van der Waals surface area contributed by atoms with Gasteiger partial charge in [0.2, 0.25) is 10.0 Å². The number of sulfonamides is 1. The molecular formula is C23H32N6O3S. The lowest BCUT2D eigenvalue weighted by Crippen LogP contribution is -2.38. The van der Waals surface area contributed by atoms with Crippen LogP contribution in [0.1, 0.15) is 48.9 Å². The number of amides is 1. The Balaban J connectivity index is 1.51. The molecule has 0 bridgehead atoms. The highest BCUT2D eigenvalue weighted by molar-refractivity contribution is 7.89. The largest absolute Gasteiger partial charge is 0.370 e. The average Bonchev–Trinajstić information content (AvgIpc) is 2.88. The first-order valence-corrected chi connectivity index (χ1v) is 13.2. The van der Waals surface area contributed by atoms with Crippen molar-refractivity contribution < 1.29 is 13.2 Å². The number of hydrogen-bond donors (Lipinski definition) is 2. The summed E-state index contributed by atoms with van der Waals surface area (Å²) in [5.41, 5.74) is 1.06. The fourth-order valence-corrected chi connectivity index (χ4v) is 6.12. The number of anilines is 2. The molecule has 2 aliphatic heterocycles. The minimum absolute atomic E-state index is 0.247. The number of carbonyl (C=O) groups is 1. The monoisotopic (exact) mass is 472 g/mol. The summed E-state index contributed by atoms with van der Waals surface area (Å²) in [6, 6.07) is 5.08. The Hall–Kier alpha value is -2.72. The summed E-state index contributed by atoms with van der Waals surface area (Å²) in [4.78, 5) is 23.3. The lowest BCUT2D eigenvalue weighted by Gasteiger charge is -2.33. The van der Waals surface area contributed by atoms with Crippen LogP contribution >= 0.6 is 0 Å². The van der Waals surface area contributed by atoms with Gasteiger partial charge >= 0.3 is 0 Å². The van der Waals surface area contributed by atoms with Gasteiger partial charge in [0, 0.05) is 57.2 Å². The zero-order chi connectivity index (χ0) is 23.1. The molecule has 2 fully saturated rings. The van der Waals surface area contributed by atoms with Crippen LogP contribution in [0.5, 0.6) is 0 Å². The Morgan fingerprint density at radius 2 is 1.67 bits per heavy atom. The number of piperidine rings is 2. The van der Waals surface area contributed by atoms with E-state index in [0.717, 1.165) is 51.6 Å². The third kappa shape index (κ3) is 5.80. The van der Waals surface area contributed by atoms with Crippen molar-refractivity contribution in [1.82, 2.24) is 19.6 Å². The maximum absolute atomic E-state index is 13.6. The van der Waals surface area contributed by atoms with Crippen molar-refractivity contribution in [3.05, 3.63) is 42.4 Å². The summed E-state index contributed by atoms with van der Waals surface area (Å²) >= 11 is 0. The number of nitrogens with one attached hydrogen (secondary N) is 2. The normalized spacial score (nSPS) is 17.5. The molecule has 1 aromatic carbocycles. The van der Waals surface area contributed by atoms with E-state index >= 15 is 0 Å². The summed E-state index contributed by atoms with van der Waals surface area (Å²) in [7, 11) is -3.68. The minimum atomic E-state index is -3.68. The maximum atomic E-state index is 13.6. The molecule has 2 saturated heterocycles. The highest BCUT2D eigenvalue weighted by Gasteiger charge is 2.31. The van der Waals surface area contributed by atoms with E-state index in [2.05, 4.69) is 25.5 Å². The van der Waals surface area contributed by atoms with E-state index in [1.54, 1.807) is 41.1 Å². The SMILES string of the molecule is O=C(NCCNc1cnccn1)c1ccc(N2CCCCC2)c(S(=O)(=O)N2CCCCC2)c1. The van der Waals surface area contributed by atoms with E-state index in [1.807, 2.05) is 0 Å². The van der Waals surface area contributed by atoms with Crippen LogP contribution in [0.3, 0.4) is 0 Å². The van der Waals surface area contributed by atoms with Crippen molar-refractivity contribution in [2.24, 2.45) is 0 Å². The second-order valence-electron chi connectivity index (χ2n) is 8.47. The molecule has 0 aliphatic carbocycles. The summed E-state index contributed by atoms with van der Waals surface area (Å²) in [6.07, 6.45) is 10.8. The van der Waals surface area contributed by atoms with E-state index in [-0.39, 0.29) is 10.8 Å². The average molecular weight is 473 g/mol. The van der Waals surface area contributed by atoms with Crippen LogP contribution in [0, 0.1) is 0 Å². The molecule has 0 spiro atoms. The van der Waals surface area contributed by atoms with Crippen molar-refractivity contribution in [3.8, 4) is 0 Å². The van der Waals surface area contributed by atoms with Gasteiger partial charge in [0.15, 0.2) is 0 Å². The molecular weight excluding hydrogens is 440 g/mol. The first-order chi connectivity index (χ1) is 16.1. The minimum Gasteiger partial charge on any atom is -0.370 e. The van der Waals surface area contributed by atoms with Crippen molar-refractivity contribution in [2.75, 3.05) is 49.5 Å². The van der Waals surface area contributed by atoms with E-state index in [9.17, 15) is 13.2 Å².